The monoisotopic (exact) mass is 426 g/mol. The third kappa shape index (κ3) is 4.16. The molecule has 164 valence electrons. The standard InChI is InChI=1S/C23H26N2O6/c1-3-29-23(27)21-17(15-6-9-18-19(10-15)31-13-30-18)11-25(12-20(24)26)22(21)14-4-7-16(28-2)8-5-14/h4-10,17,21-22H,3,11-13H2,1-2H3,(H2,24,26)/t17-,21-,22+/m1/s1. The van der Waals surface area contributed by atoms with E-state index in [4.69, 9.17) is 24.7 Å². The van der Waals surface area contributed by atoms with Crippen molar-refractivity contribution in [3.05, 3.63) is 53.6 Å². The fourth-order valence-corrected chi connectivity index (χ4v) is 4.50. The predicted molar refractivity (Wildman–Crippen MR) is 112 cm³/mol. The molecule has 2 aromatic rings. The van der Waals surface area contributed by atoms with Crippen molar-refractivity contribution in [3.63, 3.8) is 0 Å². The van der Waals surface area contributed by atoms with Crippen LogP contribution in [0.4, 0.5) is 0 Å². The second-order valence-corrected chi connectivity index (χ2v) is 7.61. The Hall–Kier alpha value is -3.26. The van der Waals surface area contributed by atoms with Crippen LogP contribution in [0.5, 0.6) is 17.2 Å². The van der Waals surface area contributed by atoms with Crippen molar-refractivity contribution in [2.75, 3.05) is 33.6 Å². The van der Waals surface area contributed by atoms with E-state index in [1.54, 1.807) is 14.0 Å². The average molecular weight is 426 g/mol. The van der Waals surface area contributed by atoms with E-state index in [1.807, 2.05) is 47.4 Å². The van der Waals surface area contributed by atoms with E-state index in [0.29, 0.717) is 23.8 Å². The van der Waals surface area contributed by atoms with Gasteiger partial charge in [-0.1, -0.05) is 18.2 Å². The molecule has 2 aromatic carbocycles. The van der Waals surface area contributed by atoms with Gasteiger partial charge in [0.05, 0.1) is 26.2 Å². The number of ether oxygens (including phenoxy) is 4. The maximum absolute atomic E-state index is 13.2. The first-order chi connectivity index (χ1) is 15.0. The highest BCUT2D eigenvalue weighted by Gasteiger charge is 2.48. The second kappa shape index (κ2) is 8.85. The first-order valence-electron chi connectivity index (χ1n) is 10.2. The van der Waals surface area contributed by atoms with Gasteiger partial charge in [-0.3, -0.25) is 14.5 Å². The average Bonchev–Trinajstić information content (AvgIpc) is 3.37. The van der Waals surface area contributed by atoms with E-state index in [2.05, 4.69) is 0 Å². The molecule has 0 unspecified atom stereocenters. The molecule has 8 nitrogen and oxygen atoms in total. The minimum atomic E-state index is -0.520. The van der Waals surface area contributed by atoms with Crippen molar-refractivity contribution in [2.45, 2.75) is 18.9 Å². The largest absolute Gasteiger partial charge is 0.497 e. The van der Waals surface area contributed by atoms with Crippen molar-refractivity contribution in [2.24, 2.45) is 11.7 Å². The second-order valence-electron chi connectivity index (χ2n) is 7.61. The number of hydrogen-bond donors (Lipinski definition) is 1. The lowest BCUT2D eigenvalue weighted by molar-refractivity contribution is -0.149. The molecule has 2 heterocycles. The van der Waals surface area contributed by atoms with E-state index in [-0.39, 0.29) is 37.9 Å². The number of likely N-dealkylation sites (tertiary alicyclic amines) is 1. The maximum Gasteiger partial charge on any atom is 0.311 e. The zero-order valence-corrected chi connectivity index (χ0v) is 17.6. The van der Waals surface area contributed by atoms with Crippen molar-refractivity contribution in [1.82, 2.24) is 4.90 Å². The Labute approximate surface area is 180 Å². The Morgan fingerprint density at radius 1 is 1.10 bits per heavy atom. The summed E-state index contributed by atoms with van der Waals surface area (Å²) in [6, 6.07) is 12.8. The van der Waals surface area contributed by atoms with Crippen molar-refractivity contribution in [3.8, 4) is 17.2 Å². The van der Waals surface area contributed by atoms with Crippen LogP contribution in [0.25, 0.3) is 0 Å². The third-order valence-corrected chi connectivity index (χ3v) is 5.80. The maximum atomic E-state index is 13.2. The van der Waals surface area contributed by atoms with Crippen molar-refractivity contribution < 1.29 is 28.5 Å². The van der Waals surface area contributed by atoms with E-state index < -0.39 is 11.8 Å². The molecule has 31 heavy (non-hydrogen) atoms. The molecule has 1 amide bonds. The summed E-state index contributed by atoms with van der Waals surface area (Å²) in [6.07, 6.45) is 0. The first-order valence-corrected chi connectivity index (χ1v) is 10.2. The molecule has 0 spiro atoms. The Morgan fingerprint density at radius 2 is 1.81 bits per heavy atom. The van der Waals surface area contributed by atoms with Crippen molar-refractivity contribution >= 4 is 11.9 Å². The Balaban J connectivity index is 1.76. The highest BCUT2D eigenvalue weighted by atomic mass is 16.7. The van der Waals surface area contributed by atoms with Gasteiger partial charge < -0.3 is 24.7 Å². The Kier molecular flexibility index (Phi) is 5.99. The molecule has 8 heteroatoms. The number of methoxy groups -OCH3 is 1. The number of nitrogens with two attached hydrogens (primary N) is 1. The van der Waals surface area contributed by atoms with E-state index in [9.17, 15) is 9.59 Å². The summed E-state index contributed by atoms with van der Waals surface area (Å²) < 4.78 is 21.7. The van der Waals surface area contributed by atoms with Crippen LogP contribution in [0, 0.1) is 5.92 Å². The molecule has 0 bridgehead atoms. The van der Waals surface area contributed by atoms with Crippen LogP contribution >= 0.6 is 0 Å². The number of primary amides is 1. The molecule has 0 saturated carbocycles. The number of esters is 1. The number of benzene rings is 2. The summed E-state index contributed by atoms with van der Waals surface area (Å²) in [4.78, 5) is 26.9. The van der Waals surface area contributed by atoms with Gasteiger partial charge in [0.2, 0.25) is 12.7 Å². The van der Waals surface area contributed by atoms with Gasteiger partial charge in [-0.25, -0.2) is 0 Å². The summed E-state index contributed by atoms with van der Waals surface area (Å²) >= 11 is 0. The Morgan fingerprint density at radius 3 is 2.48 bits per heavy atom. The van der Waals surface area contributed by atoms with Gasteiger partial charge in [-0.15, -0.1) is 0 Å². The molecule has 0 aromatic heterocycles. The number of carbonyl (C=O) groups excluding carboxylic acids is 2. The smallest absolute Gasteiger partial charge is 0.311 e. The van der Waals surface area contributed by atoms with Gasteiger partial charge >= 0.3 is 5.97 Å². The van der Waals surface area contributed by atoms with Gasteiger partial charge in [-0.05, 0) is 42.3 Å². The molecule has 2 N–H and O–H groups in total. The summed E-state index contributed by atoms with van der Waals surface area (Å²) in [5, 5.41) is 0. The molecule has 0 aliphatic carbocycles. The molecule has 2 aliphatic rings. The predicted octanol–water partition coefficient (Wildman–Crippen LogP) is 2.23. The molecule has 0 radical (unpaired) electrons. The van der Waals surface area contributed by atoms with Gasteiger partial charge in [0.15, 0.2) is 11.5 Å². The quantitative estimate of drug-likeness (QED) is 0.678. The SMILES string of the molecule is CCOC(=O)[C@@H]1[C@@H](c2ccc3c(c2)OCO3)CN(CC(N)=O)[C@H]1c1ccc(OC)cc1. The summed E-state index contributed by atoms with van der Waals surface area (Å²) in [7, 11) is 1.60. The highest BCUT2D eigenvalue weighted by molar-refractivity contribution is 5.78. The zero-order valence-electron chi connectivity index (χ0n) is 17.6. The van der Waals surface area contributed by atoms with Crippen molar-refractivity contribution in [1.29, 1.82) is 0 Å². The van der Waals surface area contributed by atoms with Crippen LogP contribution in [0.1, 0.15) is 30.0 Å². The van der Waals surface area contributed by atoms with E-state index in [1.165, 1.54) is 0 Å². The van der Waals surface area contributed by atoms with Gasteiger partial charge in [0, 0.05) is 18.5 Å². The lowest BCUT2D eigenvalue weighted by Gasteiger charge is -2.27. The summed E-state index contributed by atoms with van der Waals surface area (Å²) in [5.41, 5.74) is 7.36. The lowest BCUT2D eigenvalue weighted by Crippen LogP contribution is -2.35. The topological polar surface area (TPSA) is 100 Å². The first kappa shape index (κ1) is 21.0. The zero-order chi connectivity index (χ0) is 22.0. The fourth-order valence-electron chi connectivity index (χ4n) is 4.50. The summed E-state index contributed by atoms with van der Waals surface area (Å²) in [5.74, 6) is 0.547. The molecular weight excluding hydrogens is 400 g/mol. The van der Waals surface area contributed by atoms with E-state index in [0.717, 1.165) is 11.1 Å². The van der Waals surface area contributed by atoms with Crippen LogP contribution in [0.15, 0.2) is 42.5 Å². The number of nitrogens with zero attached hydrogens (tertiary/aromatic N) is 1. The van der Waals surface area contributed by atoms with Crippen LogP contribution in [0.2, 0.25) is 0 Å². The number of rotatable bonds is 7. The van der Waals surface area contributed by atoms with Crippen LogP contribution in [-0.4, -0.2) is 50.4 Å². The van der Waals surface area contributed by atoms with Crippen LogP contribution in [0.3, 0.4) is 0 Å². The van der Waals surface area contributed by atoms with E-state index >= 15 is 0 Å². The third-order valence-electron chi connectivity index (χ3n) is 5.80. The van der Waals surface area contributed by atoms with Gasteiger partial charge in [0.25, 0.3) is 0 Å². The lowest BCUT2D eigenvalue weighted by atomic mass is 9.82. The van der Waals surface area contributed by atoms with Crippen LogP contribution < -0.4 is 19.9 Å². The Bertz CT molecular complexity index is 961. The number of hydrogen-bond acceptors (Lipinski definition) is 7. The normalized spacial score (nSPS) is 22.3. The summed E-state index contributed by atoms with van der Waals surface area (Å²) in [6.45, 7) is 2.74. The highest BCUT2D eigenvalue weighted by Crippen LogP contribution is 2.48. The minimum Gasteiger partial charge on any atom is -0.497 e. The molecule has 2 aliphatic heterocycles. The molecular formula is C23H26N2O6. The number of carbonyl (C=O) groups is 2. The van der Waals surface area contributed by atoms with Gasteiger partial charge in [-0.2, -0.15) is 0 Å². The molecule has 3 atom stereocenters. The molecule has 1 fully saturated rings. The van der Waals surface area contributed by atoms with Crippen LogP contribution in [-0.2, 0) is 14.3 Å². The minimum absolute atomic E-state index is 0.0354. The number of amides is 1. The fraction of sp³-hybridized carbons (Fsp3) is 0.391. The molecule has 1 saturated heterocycles. The number of fused-ring (bicyclic) bond motifs is 1. The van der Waals surface area contributed by atoms with Gasteiger partial charge in [0.1, 0.15) is 5.75 Å². The molecule has 4 rings (SSSR count).